The Balaban J connectivity index is 3.28. The predicted octanol–water partition coefficient (Wildman–Crippen LogP) is 0.0891. The highest BCUT2D eigenvalue weighted by atomic mass is 16.5. The van der Waals surface area contributed by atoms with Crippen LogP contribution >= 0.6 is 0 Å². The first-order valence-electron chi connectivity index (χ1n) is 3.66. The second-order valence-corrected chi connectivity index (χ2v) is 2.95. The largest absolute Gasteiger partial charge is 0.374 e. The summed E-state index contributed by atoms with van der Waals surface area (Å²) in [6, 6.07) is 0. The third-order valence-corrected chi connectivity index (χ3v) is 1.33. The lowest BCUT2D eigenvalue weighted by Gasteiger charge is -2.22. The molecule has 62 valence electrons. The Hall–Kier alpha value is -0.120. The van der Waals surface area contributed by atoms with Crippen molar-refractivity contribution >= 4 is 0 Å². The monoisotopic (exact) mass is 146 g/mol. The van der Waals surface area contributed by atoms with Gasteiger partial charge in [0.25, 0.3) is 0 Å². The van der Waals surface area contributed by atoms with E-state index in [-0.39, 0.29) is 5.60 Å². The molecule has 0 amide bonds. The molecule has 0 aromatic rings. The van der Waals surface area contributed by atoms with Crippen molar-refractivity contribution in [1.82, 2.24) is 0 Å². The zero-order chi connectivity index (χ0) is 8.04. The molecule has 0 saturated carbocycles. The first kappa shape index (κ1) is 9.88. The van der Waals surface area contributed by atoms with Gasteiger partial charge in [-0.25, -0.2) is 0 Å². The van der Waals surface area contributed by atoms with Crippen LogP contribution in [-0.2, 0) is 4.74 Å². The van der Waals surface area contributed by atoms with Crippen molar-refractivity contribution in [2.75, 3.05) is 19.7 Å². The maximum atomic E-state index is 5.43. The van der Waals surface area contributed by atoms with Crippen LogP contribution in [0.4, 0.5) is 0 Å². The predicted molar refractivity (Wildman–Crippen MR) is 42.8 cm³/mol. The maximum Gasteiger partial charge on any atom is 0.0748 e. The third-order valence-electron chi connectivity index (χ3n) is 1.33. The van der Waals surface area contributed by atoms with Gasteiger partial charge in [-0.05, 0) is 26.8 Å². The Morgan fingerprint density at radius 1 is 1.30 bits per heavy atom. The van der Waals surface area contributed by atoms with Gasteiger partial charge in [0.2, 0.25) is 0 Å². The van der Waals surface area contributed by atoms with Crippen LogP contribution in [0.2, 0.25) is 0 Å². The van der Waals surface area contributed by atoms with Crippen molar-refractivity contribution < 1.29 is 4.74 Å². The molecule has 0 radical (unpaired) electrons. The molecule has 0 saturated heterocycles. The Bertz CT molecular complexity index is 83.7. The van der Waals surface area contributed by atoms with Crippen LogP contribution in [0.3, 0.4) is 0 Å². The van der Waals surface area contributed by atoms with E-state index < -0.39 is 0 Å². The average molecular weight is 146 g/mol. The van der Waals surface area contributed by atoms with Gasteiger partial charge in [0.1, 0.15) is 0 Å². The van der Waals surface area contributed by atoms with Gasteiger partial charge in [-0.15, -0.1) is 0 Å². The maximum absolute atomic E-state index is 5.43. The smallest absolute Gasteiger partial charge is 0.0748 e. The number of hydrogen-bond acceptors (Lipinski definition) is 3. The highest BCUT2D eigenvalue weighted by Crippen LogP contribution is 2.05. The molecule has 0 aliphatic carbocycles. The molecule has 0 unspecified atom stereocenters. The first-order valence-corrected chi connectivity index (χ1v) is 3.66. The molecule has 0 aliphatic heterocycles. The first-order chi connectivity index (χ1) is 4.62. The van der Waals surface area contributed by atoms with Crippen molar-refractivity contribution in [2.24, 2.45) is 11.5 Å². The van der Waals surface area contributed by atoms with E-state index in [4.69, 9.17) is 16.2 Å². The van der Waals surface area contributed by atoms with E-state index in [2.05, 4.69) is 0 Å². The molecule has 0 heterocycles. The third kappa shape index (κ3) is 4.73. The molecule has 0 bridgehead atoms. The second kappa shape index (κ2) is 4.66. The molecule has 3 nitrogen and oxygen atoms in total. The van der Waals surface area contributed by atoms with E-state index in [1.807, 2.05) is 13.8 Å². The SMILES string of the molecule is CC(C)(CN)OCCCN. The van der Waals surface area contributed by atoms with E-state index in [0.717, 1.165) is 6.42 Å². The van der Waals surface area contributed by atoms with Crippen LogP contribution in [0.1, 0.15) is 20.3 Å². The minimum atomic E-state index is -0.185. The van der Waals surface area contributed by atoms with Crippen LogP contribution in [0.25, 0.3) is 0 Å². The molecule has 0 aromatic heterocycles. The average Bonchev–Trinajstić information content (AvgIpc) is 1.89. The molecule has 0 aromatic carbocycles. The molecule has 0 atom stereocenters. The summed E-state index contributed by atoms with van der Waals surface area (Å²) in [5.41, 5.74) is 10.5. The standard InChI is InChI=1S/C7H18N2O/c1-7(2,6-9)10-5-3-4-8/h3-6,8-9H2,1-2H3. The Morgan fingerprint density at radius 2 is 1.90 bits per heavy atom. The zero-order valence-corrected chi connectivity index (χ0v) is 6.89. The van der Waals surface area contributed by atoms with Crippen molar-refractivity contribution in [2.45, 2.75) is 25.9 Å². The molecular formula is C7H18N2O. The van der Waals surface area contributed by atoms with Crippen molar-refractivity contribution in [3.05, 3.63) is 0 Å². The van der Waals surface area contributed by atoms with Crippen molar-refractivity contribution in [3.63, 3.8) is 0 Å². The fourth-order valence-electron chi connectivity index (χ4n) is 0.491. The Labute approximate surface area is 62.7 Å². The minimum absolute atomic E-state index is 0.185. The summed E-state index contributed by atoms with van der Waals surface area (Å²) in [6.45, 7) is 5.89. The summed E-state index contributed by atoms with van der Waals surface area (Å²) >= 11 is 0. The quantitative estimate of drug-likeness (QED) is 0.540. The normalized spacial score (nSPS) is 12.0. The van der Waals surface area contributed by atoms with Crippen LogP contribution in [0.5, 0.6) is 0 Å². The van der Waals surface area contributed by atoms with E-state index in [1.165, 1.54) is 0 Å². The van der Waals surface area contributed by atoms with Gasteiger partial charge >= 0.3 is 0 Å². The zero-order valence-electron chi connectivity index (χ0n) is 6.89. The molecule has 0 spiro atoms. The Kier molecular flexibility index (Phi) is 4.60. The van der Waals surface area contributed by atoms with Gasteiger partial charge in [-0.1, -0.05) is 0 Å². The molecule has 10 heavy (non-hydrogen) atoms. The molecule has 3 heteroatoms. The lowest BCUT2D eigenvalue weighted by Crippen LogP contribution is -2.34. The molecule has 0 rings (SSSR count). The highest BCUT2D eigenvalue weighted by molar-refractivity contribution is 4.68. The number of rotatable bonds is 5. The fourth-order valence-corrected chi connectivity index (χ4v) is 0.491. The summed E-state index contributed by atoms with van der Waals surface area (Å²) in [5, 5.41) is 0. The highest BCUT2D eigenvalue weighted by Gasteiger charge is 2.14. The van der Waals surface area contributed by atoms with Crippen LogP contribution < -0.4 is 11.5 Å². The minimum Gasteiger partial charge on any atom is -0.374 e. The van der Waals surface area contributed by atoms with Gasteiger partial charge < -0.3 is 16.2 Å². The van der Waals surface area contributed by atoms with E-state index in [0.29, 0.717) is 19.7 Å². The number of hydrogen-bond donors (Lipinski definition) is 2. The fraction of sp³-hybridized carbons (Fsp3) is 1.00. The summed E-state index contributed by atoms with van der Waals surface area (Å²) < 4.78 is 5.41. The molecule has 0 aliphatic rings. The van der Waals surface area contributed by atoms with Crippen LogP contribution in [0, 0.1) is 0 Å². The summed E-state index contributed by atoms with van der Waals surface area (Å²) in [5.74, 6) is 0. The summed E-state index contributed by atoms with van der Waals surface area (Å²) in [7, 11) is 0. The van der Waals surface area contributed by atoms with Gasteiger partial charge in [0, 0.05) is 13.2 Å². The van der Waals surface area contributed by atoms with Gasteiger partial charge in [-0.3, -0.25) is 0 Å². The van der Waals surface area contributed by atoms with Crippen LogP contribution in [0.15, 0.2) is 0 Å². The van der Waals surface area contributed by atoms with Gasteiger partial charge in [0.05, 0.1) is 5.60 Å². The molecule has 4 N–H and O–H groups in total. The van der Waals surface area contributed by atoms with Crippen molar-refractivity contribution in [1.29, 1.82) is 0 Å². The van der Waals surface area contributed by atoms with Crippen LogP contribution in [-0.4, -0.2) is 25.3 Å². The number of nitrogens with two attached hydrogens (primary N) is 2. The number of ether oxygens (including phenoxy) is 1. The van der Waals surface area contributed by atoms with Gasteiger partial charge in [-0.2, -0.15) is 0 Å². The lowest BCUT2D eigenvalue weighted by molar-refractivity contribution is -0.0106. The van der Waals surface area contributed by atoms with E-state index in [1.54, 1.807) is 0 Å². The second-order valence-electron chi connectivity index (χ2n) is 2.95. The molecule has 0 fully saturated rings. The summed E-state index contributed by atoms with van der Waals surface area (Å²) in [6.07, 6.45) is 0.906. The van der Waals surface area contributed by atoms with E-state index in [9.17, 15) is 0 Å². The van der Waals surface area contributed by atoms with Crippen molar-refractivity contribution in [3.8, 4) is 0 Å². The Morgan fingerprint density at radius 3 is 2.30 bits per heavy atom. The lowest BCUT2D eigenvalue weighted by atomic mass is 10.1. The molecular weight excluding hydrogens is 128 g/mol. The van der Waals surface area contributed by atoms with Gasteiger partial charge in [0.15, 0.2) is 0 Å². The summed E-state index contributed by atoms with van der Waals surface area (Å²) in [4.78, 5) is 0. The van der Waals surface area contributed by atoms with E-state index >= 15 is 0 Å². The topological polar surface area (TPSA) is 61.3 Å².